The minimum absolute atomic E-state index is 0.191. The van der Waals surface area contributed by atoms with Gasteiger partial charge in [0.25, 0.3) is 5.78 Å². The molecule has 0 amide bonds. The Morgan fingerprint density at radius 2 is 2.06 bits per heavy atom. The van der Waals surface area contributed by atoms with Crippen molar-refractivity contribution in [1.82, 2.24) is 19.6 Å². The second-order valence-corrected chi connectivity index (χ2v) is 5.03. The number of aromatic nitrogens is 4. The Morgan fingerprint density at radius 1 is 1.31 bits per heavy atom. The zero-order chi connectivity index (χ0) is 11.8. The van der Waals surface area contributed by atoms with Crippen LogP contribution in [0.3, 0.4) is 0 Å². The fourth-order valence-electron chi connectivity index (χ4n) is 1.29. The Labute approximate surface area is 94.9 Å². The van der Waals surface area contributed by atoms with Crippen molar-refractivity contribution in [2.24, 2.45) is 5.41 Å². The van der Waals surface area contributed by atoms with Gasteiger partial charge in [0.2, 0.25) is 0 Å². The van der Waals surface area contributed by atoms with Gasteiger partial charge in [-0.05, 0) is 18.4 Å². The molecule has 2 rings (SSSR count). The Balaban J connectivity index is 2.31. The first-order valence-corrected chi connectivity index (χ1v) is 5.40. The van der Waals surface area contributed by atoms with Crippen LogP contribution in [-0.4, -0.2) is 25.6 Å². The van der Waals surface area contributed by atoms with Crippen LogP contribution in [0.1, 0.15) is 27.7 Å². The summed E-state index contributed by atoms with van der Waals surface area (Å²) in [6.45, 7) is 8.75. The van der Waals surface area contributed by atoms with E-state index >= 15 is 0 Å². The Hall–Kier alpha value is -1.65. The van der Waals surface area contributed by atoms with Gasteiger partial charge >= 0.3 is 0 Å². The largest absolute Gasteiger partial charge is 0.367 e. The normalized spacial score (nSPS) is 14.0. The number of fused-ring (bicyclic) bond motifs is 1. The maximum atomic E-state index is 4.13. The Morgan fingerprint density at radius 3 is 2.75 bits per heavy atom. The predicted molar refractivity (Wildman–Crippen MR) is 63.3 cm³/mol. The number of anilines is 1. The van der Waals surface area contributed by atoms with Gasteiger partial charge in [-0.1, -0.05) is 20.8 Å². The lowest BCUT2D eigenvalue weighted by atomic mass is 9.88. The summed E-state index contributed by atoms with van der Waals surface area (Å²) < 4.78 is 1.71. The van der Waals surface area contributed by atoms with E-state index in [2.05, 4.69) is 48.1 Å². The minimum atomic E-state index is 0.191. The Bertz CT molecular complexity index is 482. The molecule has 0 aliphatic rings. The number of hydrogen-bond donors (Lipinski definition) is 1. The molecule has 1 N–H and O–H groups in total. The third kappa shape index (κ3) is 1.98. The maximum absolute atomic E-state index is 4.13. The number of nitrogens with one attached hydrogen (secondary N) is 1. The van der Waals surface area contributed by atoms with E-state index in [0.29, 0.717) is 11.8 Å². The van der Waals surface area contributed by atoms with Crippen LogP contribution in [0.15, 0.2) is 18.6 Å². The zero-order valence-corrected chi connectivity index (χ0v) is 10.1. The van der Waals surface area contributed by atoms with Crippen molar-refractivity contribution < 1.29 is 0 Å². The van der Waals surface area contributed by atoms with Crippen molar-refractivity contribution in [3.8, 4) is 0 Å². The van der Waals surface area contributed by atoms with Crippen molar-refractivity contribution in [1.29, 1.82) is 0 Å². The first kappa shape index (κ1) is 10.9. The standard InChI is InChI=1S/C11H17N5/c1-8(11(2,3)4)15-9-5-6-12-10-13-7-14-16(9)10/h5-8,15H,1-4H3/t8-/m1/s1. The third-order valence-corrected chi connectivity index (χ3v) is 2.84. The van der Waals surface area contributed by atoms with Gasteiger partial charge in [-0.2, -0.15) is 14.6 Å². The molecule has 0 unspecified atom stereocenters. The molecule has 2 aromatic heterocycles. The van der Waals surface area contributed by atoms with Gasteiger partial charge < -0.3 is 5.32 Å². The molecule has 0 aliphatic carbocycles. The first-order chi connectivity index (χ1) is 7.48. The third-order valence-electron chi connectivity index (χ3n) is 2.84. The summed E-state index contributed by atoms with van der Waals surface area (Å²) in [5.74, 6) is 1.54. The van der Waals surface area contributed by atoms with Gasteiger partial charge in [-0.15, -0.1) is 0 Å². The molecular formula is C11H17N5. The van der Waals surface area contributed by atoms with Gasteiger partial charge in [0.05, 0.1) is 0 Å². The second kappa shape index (κ2) is 3.73. The van der Waals surface area contributed by atoms with Crippen LogP contribution >= 0.6 is 0 Å². The summed E-state index contributed by atoms with van der Waals surface area (Å²) in [5.41, 5.74) is 0.191. The average Bonchev–Trinajstić information content (AvgIpc) is 2.65. The molecule has 1 atom stereocenters. The molecule has 0 saturated carbocycles. The highest BCUT2D eigenvalue weighted by molar-refractivity contribution is 5.43. The van der Waals surface area contributed by atoms with Crippen LogP contribution < -0.4 is 5.32 Å². The highest BCUT2D eigenvalue weighted by Crippen LogP contribution is 2.22. The summed E-state index contributed by atoms with van der Waals surface area (Å²) in [6.07, 6.45) is 3.25. The molecule has 0 aliphatic heterocycles. The van der Waals surface area contributed by atoms with Crippen LogP contribution in [0.25, 0.3) is 5.78 Å². The Kier molecular flexibility index (Phi) is 2.53. The lowest BCUT2D eigenvalue weighted by molar-refractivity contribution is 0.358. The van der Waals surface area contributed by atoms with Gasteiger partial charge in [0, 0.05) is 12.2 Å². The zero-order valence-electron chi connectivity index (χ0n) is 10.1. The quantitative estimate of drug-likeness (QED) is 0.839. The van der Waals surface area contributed by atoms with E-state index in [9.17, 15) is 0 Å². The molecule has 86 valence electrons. The van der Waals surface area contributed by atoms with Crippen molar-refractivity contribution >= 4 is 11.6 Å². The molecule has 0 radical (unpaired) electrons. The van der Waals surface area contributed by atoms with Gasteiger partial charge in [-0.3, -0.25) is 0 Å². The molecule has 0 aromatic carbocycles. The topological polar surface area (TPSA) is 55.1 Å². The average molecular weight is 219 g/mol. The smallest absolute Gasteiger partial charge is 0.254 e. The maximum Gasteiger partial charge on any atom is 0.254 e. The van der Waals surface area contributed by atoms with Gasteiger partial charge in [-0.25, -0.2) is 4.98 Å². The van der Waals surface area contributed by atoms with E-state index in [-0.39, 0.29) is 5.41 Å². The minimum Gasteiger partial charge on any atom is -0.367 e. The highest BCUT2D eigenvalue weighted by atomic mass is 15.4. The molecular weight excluding hydrogens is 202 g/mol. The molecule has 0 fully saturated rings. The van der Waals surface area contributed by atoms with Crippen LogP contribution in [0.5, 0.6) is 0 Å². The van der Waals surface area contributed by atoms with Crippen LogP contribution in [0.4, 0.5) is 5.82 Å². The van der Waals surface area contributed by atoms with Crippen LogP contribution in [0, 0.1) is 5.41 Å². The molecule has 5 heteroatoms. The number of rotatable bonds is 2. The van der Waals surface area contributed by atoms with Crippen LogP contribution in [0.2, 0.25) is 0 Å². The fraction of sp³-hybridized carbons (Fsp3) is 0.545. The lowest BCUT2D eigenvalue weighted by Gasteiger charge is -2.28. The first-order valence-electron chi connectivity index (χ1n) is 5.40. The van der Waals surface area contributed by atoms with Crippen molar-refractivity contribution in [3.05, 3.63) is 18.6 Å². The van der Waals surface area contributed by atoms with Gasteiger partial charge in [0.15, 0.2) is 0 Å². The second-order valence-electron chi connectivity index (χ2n) is 5.03. The summed E-state index contributed by atoms with van der Waals surface area (Å²) in [6, 6.07) is 2.24. The number of hydrogen-bond acceptors (Lipinski definition) is 4. The fourth-order valence-corrected chi connectivity index (χ4v) is 1.29. The summed E-state index contributed by atoms with van der Waals surface area (Å²) >= 11 is 0. The summed E-state index contributed by atoms with van der Waals surface area (Å²) in [7, 11) is 0. The van der Waals surface area contributed by atoms with E-state index in [1.165, 1.54) is 6.33 Å². The molecule has 0 saturated heterocycles. The van der Waals surface area contributed by atoms with Crippen molar-refractivity contribution in [3.63, 3.8) is 0 Å². The number of nitrogens with zero attached hydrogens (tertiary/aromatic N) is 4. The molecule has 16 heavy (non-hydrogen) atoms. The monoisotopic (exact) mass is 219 g/mol. The molecule has 2 aromatic rings. The van der Waals surface area contributed by atoms with Crippen LogP contribution in [-0.2, 0) is 0 Å². The predicted octanol–water partition coefficient (Wildman–Crippen LogP) is 1.97. The van der Waals surface area contributed by atoms with E-state index in [1.807, 2.05) is 6.07 Å². The SMILES string of the molecule is C[C@@H](Nc1ccnc2ncnn12)C(C)(C)C. The molecule has 2 heterocycles. The molecule has 0 bridgehead atoms. The van der Waals surface area contributed by atoms with E-state index in [1.54, 1.807) is 10.7 Å². The summed E-state index contributed by atoms with van der Waals surface area (Å²) in [5, 5.41) is 7.57. The molecule has 0 spiro atoms. The lowest BCUT2D eigenvalue weighted by Crippen LogP contribution is -2.31. The van der Waals surface area contributed by atoms with E-state index in [4.69, 9.17) is 0 Å². The van der Waals surface area contributed by atoms with E-state index in [0.717, 1.165) is 5.82 Å². The highest BCUT2D eigenvalue weighted by Gasteiger charge is 2.20. The van der Waals surface area contributed by atoms with E-state index < -0.39 is 0 Å². The van der Waals surface area contributed by atoms with Gasteiger partial charge in [0.1, 0.15) is 12.1 Å². The summed E-state index contributed by atoms with van der Waals surface area (Å²) in [4.78, 5) is 8.17. The van der Waals surface area contributed by atoms with Crippen molar-refractivity contribution in [2.75, 3.05) is 5.32 Å². The van der Waals surface area contributed by atoms with Crippen molar-refractivity contribution in [2.45, 2.75) is 33.7 Å². The molecule has 5 nitrogen and oxygen atoms in total.